The number of hydrogen-bond donors (Lipinski definition) is 1. The van der Waals surface area contributed by atoms with Crippen molar-refractivity contribution in [1.29, 1.82) is 0 Å². The molecule has 0 radical (unpaired) electrons. The fourth-order valence-corrected chi connectivity index (χ4v) is 1.85. The van der Waals surface area contributed by atoms with Crippen LogP contribution in [0.3, 0.4) is 0 Å². The Morgan fingerprint density at radius 3 is 3.00 bits per heavy atom. The van der Waals surface area contributed by atoms with E-state index in [4.69, 9.17) is 5.73 Å². The van der Waals surface area contributed by atoms with Gasteiger partial charge in [0.25, 0.3) is 5.24 Å². The van der Waals surface area contributed by atoms with E-state index in [1.54, 1.807) is 22.9 Å². The van der Waals surface area contributed by atoms with Crippen LogP contribution in [0.5, 0.6) is 0 Å². The van der Waals surface area contributed by atoms with E-state index in [-0.39, 0.29) is 0 Å². The van der Waals surface area contributed by atoms with Crippen LogP contribution >= 0.6 is 11.9 Å². The van der Waals surface area contributed by atoms with Gasteiger partial charge in [-0.3, -0.25) is 14.1 Å². The van der Waals surface area contributed by atoms with Crippen molar-refractivity contribution < 1.29 is 4.79 Å². The summed E-state index contributed by atoms with van der Waals surface area (Å²) in [6.45, 7) is 0. The van der Waals surface area contributed by atoms with Crippen molar-refractivity contribution in [2.45, 2.75) is 0 Å². The van der Waals surface area contributed by atoms with E-state index in [2.05, 4.69) is 4.99 Å². The number of aliphatic imine (C=N–C) groups is 1. The molecule has 0 bridgehead atoms. The zero-order valence-corrected chi connectivity index (χ0v) is 8.65. The highest BCUT2D eigenvalue weighted by Gasteiger charge is 2.12. The van der Waals surface area contributed by atoms with Crippen LogP contribution in [0.4, 0.5) is 10.5 Å². The molecule has 1 amide bonds. The highest BCUT2D eigenvalue weighted by molar-refractivity contribution is 8.14. The summed E-state index contributed by atoms with van der Waals surface area (Å²) in [5.41, 5.74) is 7.00. The molecule has 76 valence electrons. The molecule has 0 saturated carbocycles. The quantitative estimate of drug-likeness (QED) is 0.736. The Bertz CT molecular complexity index is 442. The number of primary amides is 1. The molecule has 0 saturated heterocycles. The van der Waals surface area contributed by atoms with Crippen molar-refractivity contribution >= 4 is 29.1 Å². The van der Waals surface area contributed by atoms with Crippen LogP contribution in [0, 0.1) is 0 Å². The van der Waals surface area contributed by atoms with Gasteiger partial charge in [0.2, 0.25) is 0 Å². The lowest BCUT2D eigenvalue weighted by Crippen LogP contribution is -2.14. The maximum atomic E-state index is 10.9. The van der Waals surface area contributed by atoms with E-state index in [0.29, 0.717) is 0 Å². The standard InChI is InChI=1S/C10H9N3OS/c11-10(14)15-13-6-5-12-7-8-3-1-2-4-9(8)13/h1-7H,(H2,11,14). The number of hydrogen-bond acceptors (Lipinski definition) is 4. The number of nitrogens with zero attached hydrogens (tertiary/aromatic N) is 2. The van der Waals surface area contributed by atoms with Gasteiger partial charge >= 0.3 is 0 Å². The van der Waals surface area contributed by atoms with Crippen molar-refractivity contribution in [2.75, 3.05) is 4.31 Å². The average Bonchev–Trinajstić information content (AvgIpc) is 2.41. The third kappa shape index (κ3) is 2.19. The summed E-state index contributed by atoms with van der Waals surface area (Å²) >= 11 is 0.937. The van der Waals surface area contributed by atoms with Crippen molar-refractivity contribution in [3.63, 3.8) is 0 Å². The third-order valence-corrected chi connectivity index (χ3v) is 2.56. The Balaban J connectivity index is 2.39. The normalized spacial score (nSPS) is 13.5. The van der Waals surface area contributed by atoms with Gasteiger partial charge in [-0.25, -0.2) is 0 Å². The van der Waals surface area contributed by atoms with Crippen molar-refractivity contribution in [1.82, 2.24) is 0 Å². The van der Waals surface area contributed by atoms with E-state index in [1.165, 1.54) is 0 Å². The first kappa shape index (κ1) is 9.79. The van der Waals surface area contributed by atoms with Gasteiger partial charge in [0.15, 0.2) is 0 Å². The van der Waals surface area contributed by atoms with Gasteiger partial charge in [0, 0.05) is 24.2 Å². The monoisotopic (exact) mass is 219 g/mol. The molecule has 0 aromatic heterocycles. The maximum absolute atomic E-state index is 10.9. The lowest BCUT2D eigenvalue weighted by molar-refractivity contribution is 0.267. The number of amides is 1. The highest BCUT2D eigenvalue weighted by Crippen LogP contribution is 2.27. The molecule has 1 aromatic rings. The van der Waals surface area contributed by atoms with Crippen LogP contribution in [0.15, 0.2) is 41.7 Å². The Morgan fingerprint density at radius 2 is 2.20 bits per heavy atom. The summed E-state index contributed by atoms with van der Waals surface area (Å²) < 4.78 is 1.70. The van der Waals surface area contributed by atoms with Gasteiger partial charge in [0.05, 0.1) is 17.6 Å². The maximum Gasteiger partial charge on any atom is 0.297 e. The van der Waals surface area contributed by atoms with Crippen LogP contribution < -0.4 is 10.0 Å². The first-order chi connectivity index (χ1) is 7.27. The second-order valence-corrected chi connectivity index (χ2v) is 3.85. The largest absolute Gasteiger partial charge is 0.359 e. The summed E-state index contributed by atoms with van der Waals surface area (Å²) in [4.78, 5) is 14.9. The van der Waals surface area contributed by atoms with Crippen LogP contribution in [-0.4, -0.2) is 11.5 Å². The molecule has 0 spiro atoms. The lowest BCUT2D eigenvalue weighted by Gasteiger charge is -2.17. The molecular weight excluding hydrogens is 210 g/mol. The minimum atomic E-state index is -0.448. The smallest absolute Gasteiger partial charge is 0.297 e. The first-order valence-electron chi connectivity index (χ1n) is 4.33. The SMILES string of the molecule is NC(=O)SN1C=CN=Cc2ccccc21. The Hall–Kier alpha value is -1.75. The van der Waals surface area contributed by atoms with Gasteiger partial charge < -0.3 is 5.73 Å². The molecular formula is C10H9N3OS. The molecule has 0 atom stereocenters. The average molecular weight is 219 g/mol. The number of nitrogens with two attached hydrogens (primary N) is 1. The number of benzene rings is 1. The third-order valence-electron chi connectivity index (χ3n) is 1.86. The minimum Gasteiger partial charge on any atom is -0.359 e. The summed E-state index contributed by atoms with van der Waals surface area (Å²) in [6.07, 6.45) is 5.07. The molecule has 1 aliphatic rings. The van der Waals surface area contributed by atoms with Gasteiger partial charge in [0.1, 0.15) is 0 Å². The molecule has 1 aromatic carbocycles. The molecule has 0 aliphatic carbocycles. The Morgan fingerprint density at radius 1 is 1.40 bits per heavy atom. The molecule has 0 fully saturated rings. The highest BCUT2D eigenvalue weighted by atomic mass is 32.2. The molecule has 1 aliphatic heterocycles. The van der Waals surface area contributed by atoms with E-state index in [1.807, 2.05) is 24.3 Å². The predicted octanol–water partition coefficient (Wildman–Crippen LogP) is 2.12. The Labute approximate surface area is 91.6 Å². The van der Waals surface area contributed by atoms with E-state index >= 15 is 0 Å². The minimum absolute atomic E-state index is 0.448. The second-order valence-electron chi connectivity index (χ2n) is 2.87. The van der Waals surface area contributed by atoms with E-state index < -0.39 is 5.24 Å². The molecule has 15 heavy (non-hydrogen) atoms. The molecule has 2 N–H and O–H groups in total. The van der Waals surface area contributed by atoms with E-state index in [9.17, 15) is 4.79 Å². The first-order valence-corrected chi connectivity index (χ1v) is 5.10. The topological polar surface area (TPSA) is 58.7 Å². The second kappa shape index (κ2) is 4.18. The van der Waals surface area contributed by atoms with Gasteiger partial charge in [-0.15, -0.1) is 0 Å². The number of rotatable bonds is 1. The van der Waals surface area contributed by atoms with Crippen molar-refractivity contribution in [3.8, 4) is 0 Å². The summed E-state index contributed by atoms with van der Waals surface area (Å²) in [5, 5.41) is -0.448. The number of para-hydroxylation sites is 1. The molecule has 0 unspecified atom stereocenters. The fraction of sp³-hybridized carbons (Fsp3) is 0. The number of anilines is 1. The summed E-state index contributed by atoms with van der Waals surface area (Å²) in [6, 6.07) is 7.66. The van der Waals surface area contributed by atoms with Crippen molar-refractivity contribution in [3.05, 3.63) is 42.2 Å². The van der Waals surface area contributed by atoms with Gasteiger partial charge in [-0.05, 0) is 6.07 Å². The zero-order chi connectivity index (χ0) is 10.7. The van der Waals surface area contributed by atoms with Crippen LogP contribution in [0.1, 0.15) is 5.56 Å². The molecule has 4 nitrogen and oxygen atoms in total. The van der Waals surface area contributed by atoms with Gasteiger partial charge in [-0.2, -0.15) is 0 Å². The molecule has 5 heteroatoms. The van der Waals surface area contributed by atoms with Crippen LogP contribution in [0.25, 0.3) is 0 Å². The molecule has 2 rings (SSSR count). The molecule has 1 heterocycles. The van der Waals surface area contributed by atoms with Crippen LogP contribution in [-0.2, 0) is 0 Å². The summed E-state index contributed by atoms with van der Waals surface area (Å²) in [7, 11) is 0. The summed E-state index contributed by atoms with van der Waals surface area (Å²) in [5.74, 6) is 0. The fourth-order valence-electron chi connectivity index (χ4n) is 1.28. The predicted molar refractivity (Wildman–Crippen MR) is 62.8 cm³/mol. The van der Waals surface area contributed by atoms with Crippen LogP contribution in [0.2, 0.25) is 0 Å². The van der Waals surface area contributed by atoms with E-state index in [0.717, 1.165) is 23.2 Å². The Kier molecular flexibility index (Phi) is 2.73. The number of fused-ring (bicyclic) bond motifs is 1. The number of carbonyl (C=O) groups is 1. The van der Waals surface area contributed by atoms with Gasteiger partial charge in [-0.1, -0.05) is 18.2 Å². The number of carbonyl (C=O) groups excluding carboxylic acids is 1. The zero-order valence-electron chi connectivity index (χ0n) is 7.83. The lowest BCUT2D eigenvalue weighted by atomic mass is 10.2. The van der Waals surface area contributed by atoms with Crippen molar-refractivity contribution in [2.24, 2.45) is 10.7 Å².